The average Bonchev–Trinajstić information content (AvgIpc) is 3.35. The zero-order valence-corrected chi connectivity index (χ0v) is 33.3. The Hall–Kier alpha value is -1.52. The molecule has 1 amide bonds. The average molecular weight is 713 g/mol. The van der Waals surface area contributed by atoms with Gasteiger partial charge in [0.2, 0.25) is 5.91 Å². The first-order valence-electron chi connectivity index (χ1n) is 20.3. The monoisotopic (exact) mass is 713 g/mol. The number of carbonyl (C=O) groups is 2. The van der Waals surface area contributed by atoms with Gasteiger partial charge in [0.05, 0.1) is 43.6 Å². The minimum absolute atomic E-state index is 0.00504. The second-order valence-corrected chi connectivity index (χ2v) is 19.7. The summed E-state index contributed by atoms with van der Waals surface area (Å²) in [7, 11) is 3.63. The van der Waals surface area contributed by atoms with Crippen LogP contribution >= 0.6 is 0 Å². The predicted octanol–water partition coefficient (Wildman–Crippen LogP) is 6.08. The van der Waals surface area contributed by atoms with Gasteiger partial charge in [-0.2, -0.15) is 0 Å². The number of hydrogen-bond acceptors (Lipinski definition) is 8. The molecule has 0 radical (unpaired) electrons. The molecule has 5 aliphatic carbocycles. The van der Waals surface area contributed by atoms with Crippen molar-refractivity contribution >= 4 is 11.9 Å². The lowest BCUT2D eigenvalue weighted by Gasteiger charge is -2.55. The minimum Gasteiger partial charge on any atom is -0.457 e. The van der Waals surface area contributed by atoms with Crippen LogP contribution in [0.5, 0.6) is 0 Å². The Balaban J connectivity index is 1.11. The molecule has 288 valence electrons. The standard InChI is InChI=1S/C42H68N2O7/c1-25-21-31(37(39(6,7)47)49-27(3)45)50-30-22-29-28-11-12-32-38(4,5)33(51-35-24-44(19-20-48-35)23-34(46)43(9)10)14-16-42(32)26(2)41(42,15-13-28)18-17-40(29,8)36(25)30/h13,15,25-26,28-33,35-37,47H,11-12,14,16-24H2,1-10H3. The quantitative estimate of drug-likeness (QED) is 0.251. The summed E-state index contributed by atoms with van der Waals surface area (Å²) in [6.07, 6.45) is 13.2. The third-order valence-electron chi connectivity index (χ3n) is 16.2. The molecule has 7 rings (SSSR count). The molecule has 7 aliphatic rings. The van der Waals surface area contributed by atoms with Crippen LogP contribution in [-0.4, -0.2) is 103 Å². The van der Waals surface area contributed by atoms with Gasteiger partial charge in [-0.15, -0.1) is 0 Å². The number of likely N-dealkylation sites (N-methyl/N-ethyl adjacent to an activating group) is 1. The summed E-state index contributed by atoms with van der Waals surface area (Å²) in [5, 5.41) is 11.1. The van der Waals surface area contributed by atoms with E-state index in [0.29, 0.717) is 60.6 Å². The van der Waals surface area contributed by atoms with Gasteiger partial charge in [-0.1, -0.05) is 46.8 Å². The van der Waals surface area contributed by atoms with Crippen molar-refractivity contribution in [2.75, 3.05) is 40.3 Å². The number of ether oxygens (including phenoxy) is 4. The van der Waals surface area contributed by atoms with Crippen molar-refractivity contribution in [2.24, 2.45) is 57.2 Å². The van der Waals surface area contributed by atoms with E-state index in [1.165, 1.54) is 39.0 Å². The number of allylic oxidation sites excluding steroid dienone is 2. The van der Waals surface area contributed by atoms with Crippen molar-refractivity contribution in [1.29, 1.82) is 0 Å². The van der Waals surface area contributed by atoms with E-state index in [9.17, 15) is 14.7 Å². The van der Waals surface area contributed by atoms with E-state index < -0.39 is 11.7 Å². The van der Waals surface area contributed by atoms with E-state index in [4.69, 9.17) is 18.9 Å². The van der Waals surface area contributed by atoms with E-state index in [1.807, 2.05) is 14.1 Å². The lowest BCUT2D eigenvalue weighted by Crippen LogP contribution is -2.54. The third kappa shape index (κ3) is 6.06. The van der Waals surface area contributed by atoms with E-state index >= 15 is 0 Å². The van der Waals surface area contributed by atoms with E-state index in [-0.39, 0.29) is 52.7 Å². The van der Waals surface area contributed by atoms with Gasteiger partial charge in [-0.25, -0.2) is 0 Å². The normalized spacial score (nSPS) is 46.6. The number of aliphatic hydroxyl groups is 1. The number of morpholine rings is 1. The highest BCUT2D eigenvalue weighted by molar-refractivity contribution is 5.77. The molecule has 0 aromatic carbocycles. The van der Waals surface area contributed by atoms with Crippen LogP contribution in [0.2, 0.25) is 0 Å². The highest BCUT2D eigenvalue weighted by Crippen LogP contribution is 2.83. The van der Waals surface area contributed by atoms with E-state index in [2.05, 4.69) is 51.7 Å². The van der Waals surface area contributed by atoms with E-state index in [0.717, 1.165) is 25.8 Å². The van der Waals surface area contributed by atoms with Crippen molar-refractivity contribution in [3.8, 4) is 0 Å². The first kappa shape index (κ1) is 37.8. The largest absolute Gasteiger partial charge is 0.457 e. The molecule has 2 saturated heterocycles. The lowest BCUT2D eigenvalue weighted by molar-refractivity contribution is -0.241. The lowest BCUT2D eigenvalue weighted by atomic mass is 9.52. The summed E-state index contributed by atoms with van der Waals surface area (Å²) in [6, 6.07) is 0. The molecule has 9 heteroatoms. The van der Waals surface area contributed by atoms with Gasteiger partial charge in [0.25, 0.3) is 0 Å². The molecular weight excluding hydrogens is 644 g/mol. The highest BCUT2D eigenvalue weighted by Gasteiger charge is 2.78. The molecule has 3 saturated carbocycles. The maximum Gasteiger partial charge on any atom is 0.303 e. The second kappa shape index (κ2) is 13.1. The number of rotatable bonds is 7. The summed E-state index contributed by atoms with van der Waals surface area (Å²) in [4.78, 5) is 28.4. The molecule has 0 aromatic rings. The van der Waals surface area contributed by atoms with Gasteiger partial charge in [0.1, 0.15) is 0 Å². The smallest absolute Gasteiger partial charge is 0.303 e. The Kier molecular flexibility index (Phi) is 9.67. The fourth-order valence-corrected chi connectivity index (χ4v) is 13.8. The van der Waals surface area contributed by atoms with Crippen LogP contribution in [0.25, 0.3) is 0 Å². The zero-order chi connectivity index (χ0) is 36.9. The van der Waals surface area contributed by atoms with Crippen LogP contribution in [0.15, 0.2) is 12.2 Å². The first-order chi connectivity index (χ1) is 23.8. The summed E-state index contributed by atoms with van der Waals surface area (Å²) >= 11 is 0. The molecule has 14 atom stereocenters. The Morgan fingerprint density at radius 2 is 1.82 bits per heavy atom. The molecule has 2 spiro atoms. The second-order valence-electron chi connectivity index (χ2n) is 19.7. The fourth-order valence-electron chi connectivity index (χ4n) is 13.8. The number of amides is 1. The number of nitrogens with zero attached hydrogens (tertiary/aromatic N) is 2. The van der Waals surface area contributed by atoms with Gasteiger partial charge in [-0.05, 0) is 122 Å². The molecule has 14 unspecified atom stereocenters. The van der Waals surface area contributed by atoms with Crippen molar-refractivity contribution in [1.82, 2.24) is 9.80 Å². The highest BCUT2D eigenvalue weighted by atomic mass is 16.7. The van der Waals surface area contributed by atoms with Crippen LogP contribution in [-0.2, 0) is 28.5 Å². The van der Waals surface area contributed by atoms with Gasteiger partial charge in [0.15, 0.2) is 12.4 Å². The van der Waals surface area contributed by atoms with Crippen LogP contribution in [0, 0.1) is 57.2 Å². The van der Waals surface area contributed by atoms with Crippen molar-refractivity contribution in [3.05, 3.63) is 12.2 Å². The van der Waals surface area contributed by atoms with E-state index in [1.54, 1.807) is 18.7 Å². The topological polar surface area (TPSA) is 97.8 Å². The Morgan fingerprint density at radius 1 is 1.08 bits per heavy atom. The summed E-state index contributed by atoms with van der Waals surface area (Å²) in [5.41, 5.74) is -0.501. The third-order valence-corrected chi connectivity index (χ3v) is 16.2. The van der Waals surface area contributed by atoms with Crippen molar-refractivity contribution in [2.45, 2.75) is 143 Å². The molecule has 5 fully saturated rings. The Bertz CT molecular complexity index is 1370. The zero-order valence-electron chi connectivity index (χ0n) is 33.3. The van der Waals surface area contributed by atoms with Crippen molar-refractivity contribution < 1.29 is 33.6 Å². The van der Waals surface area contributed by atoms with Crippen LogP contribution < -0.4 is 0 Å². The van der Waals surface area contributed by atoms with Crippen LogP contribution in [0.3, 0.4) is 0 Å². The molecule has 2 bridgehead atoms. The summed E-state index contributed by atoms with van der Waals surface area (Å²) in [5.74, 6) is 2.84. The predicted molar refractivity (Wildman–Crippen MR) is 195 cm³/mol. The molecule has 0 aromatic heterocycles. The molecule has 9 nitrogen and oxygen atoms in total. The van der Waals surface area contributed by atoms with Gasteiger partial charge < -0.3 is 29.0 Å². The fraction of sp³-hybridized carbons (Fsp3) is 0.905. The molecule has 1 N–H and O–H groups in total. The van der Waals surface area contributed by atoms with Gasteiger partial charge in [0, 0.05) is 27.6 Å². The Morgan fingerprint density at radius 3 is 2.51 bits per heavy atom. The van der Waals surface area contributed by atoms with Crippen LogP contribution in [0.4, 0.5) is 0 Å². The number of hydrogen-bond donors (Lipinski definition) is 1. The van der Waals surface area contributed by atoms with Gasteiger partial charge >= 0.3 is 5.97 Å². The van der Waals surface area contributed by atoms with Crippen molar-refractivity contribution in [3.63, 3.8) is 0 Å². The Labute approximate surface area is 307 Å². The number of carbonyl (C=O) groups excluding carboxylic acids is 2. The molecule has 2 heterocycles. The minimum atomic E-state index is -1.18. The summed E-state index contributed by atoms with van der Waals surface area (Å²) in [6.45, 7) is 19.8. The molecule has 51 heavy (non-hydrogen) atoms. The SMILES string of the molecule is CC(=O)OC(C1CC(C)C2C(CC3C4C=CC5(CCC32C)C(C)C52CCC(OC3CN(CC(=O)N(C)C)CCO3)C(C)(C)C2CC4)O1)C(C)(C)O. The van der Waals surface area contributed by atoms with Crippen LogP contribution in [0.1, 0.15) is 107 Å². The maximum absolute atomic E-state index is 12.5. The summed E-state index contributed by atoms with van der Waals surface area (Å²) < 4.78 is 25.8. The number of fused-ring (bicyclic) bond motifs is 5. The molecule has 2 aliphatic heterocycles. The molecular formula is C42H68N2O7. The van der Waals surface area contributed by atoms with Gasteiger partial charge in [-0.3, -0.25) is 14.5 Å². The maximum atomic E-state index is 12.5. The first-order valence-corrected chi connectivity index (χ1v) is 20.3. The number of esters is 1.